The Labute approximate surface area is 187 Å². The number of carbonyl (C=O) groups excluding carboxylic acids is 1. The summed E-state index contributed by atoms with van der Waals surface area (Å²) in [4.78, 5) is 24.5. The zero-order chi connectivity index (χ0) is 25.3. The quantitative estimate of drug-likeness (QED) is 0.597. The fourth-order valence-corrected chi connectivity index (χ4v) is 3.40. The van der Waals surface area contributed by atoms with Crippen LogP contribution >= 0.6 is 0 Å². The van der Waals surface area contributed by atoms with Gasteiger partial charge in [-0.25, -0.2) is 9.59 Å². The van der Waals surface area contributed by atoms with Crippen LogP contribution in [0.25, 0.3) is 0 Å². The highest BCUT2D eigenvalue weighted by atomic mass is 19.4. The van der Waals surface area contributed by atoms with Crippen molar-refractivity contribution in [1.82, 2.24) is 4.90 Å². The second-order valence-electron chi connectivity index (χ2n) is 6.84. The monoisotopic (exact) mass is 488 g/mol. The Balaban J connectivity index is 2.16. The molecule has 0 aromatic heterocycles. The van der Waals surface area contributed by atoms with E-state index in [1.54, 1.807) is 0 Å². The van der Waals surface area contributed by atoms with Crippen LogP contribution in [0.15, 0.2) is 72.5 Å². The Morgan fingerprint density at radius 3 is 1.56 bits per heavy atom. The number of urea groups is 1. The van der Waals surface area contributed by atoms with Gasteiger partial charge < -0.3 is 20.3 Å². The molecule has 2 aromatic carbocycles. The fraction of sp³-hybridized carbons (Fsp3) is 0.143. The SMILES string of the molecule is NC(=O)N1C=C(C(=O)O)C=CC1(c1ccc(OC(F)(F)F)cc1)c1ccc(OC(F)(F)F)cc1. The molecular formula is C21H14F6N2O5. The number of halogens is 6. The molecule has 0 radical (unpaired) electrons. The summed E-state index contributed by atoms with van der Waals surface area (Å²) < 4.78 is 82.8. The number of benzene rings is 2. The summed E-state index contributed by atoms with van der Waals surface area (Å²) >= 11 is 0. The van der Waals surface area contributed by atoms with Crippen molar-refractivity contribution in [2.75, 3.05) is 0 Å². The summed E-state index contributed by atoms with van der Waals surface area (Å²) in [6.07, 6.45) is -6.65. The Kier molecular flexibility index (Phi) is 6.23. The van der Waals surface area contributed by atoms with Gasteiger partial charge in [0.1, 0.15) is 17.0 Å². The molecule has 0 unspecified atom stereocenters. The number of carboxylic acids is 1. The largest absolute Gasteiger partial charge is 0.573 e. The van der Waals surface area contributed by atoms with Crippen molar-refractivity contribution in [3.63, 3.8) is 0 Å². The molecule has 180 valence electrons. The molecule has 0 spiro atoms. The van der Waals surface area contributed by atoms with Crippen LogP contribution in [0.1, 0.15) is 11.1 Å². The predicted octanol–water partition coefficient (Wildman–Crippen LogP) is 4.65. The lowest BCUT2D eigenvalue weighted by Gasteiger charge is -2.42. The molecule has 3 rings (SSSR count). The maximum absolute atomic E-state index is 12.5. The molecule has 0 atom stereocenters. The highest BCUT2D eigenvalue weighted by Gasteiger charge is 2.43. The van der Waals surface area contributed by atoms with Gasteiger partial charge in [0.15, 0.2) is 0 Å². The van der Waals surface area contributed by atoms with E-state index in [0.717, 1.165) is 41.4 Å². The van der Waals surface area contributed by atoms with Crippen molar-refractivity contribution in [2.45, 2.75) is 18.3 Å². The molecule has 2 amide bonds. The first-order valence-electron chi connectivity index (χ1n) is 9.17. The number of amides is 2. The average Bonchev–Trinajstić information content (AvgIpc) is 2.72. The first-order chi connectivity index (χ1) is 15.7. The lowest BCUT2D eigenvalue weighted by molar-refractivity contribution is -0.275. The van der Waals surface area contributed by atoms with E-state index < -0.39 is 41.8 Å². The molecule has 0 aliphatic carbocycles. The van der Waals surface area contributed by atoms with Gasteiger partial charge in [-0.05, 0) is 47.5 Å². The molecule has 34 heavy (non-hydrogen) atoms. The van der Waals surface area contributed by atoms with E-state index in [2.05, 4.69) is 9.47 Å². The van der Waals surface area contributed by atoms with Crippen LogP contribution in [-0.4, -0.2) is 34.7 Å². The van der Waals surface area contributed by atoms with E-state index in [-0.39, 0.29) is 16.7 Å². The van der Waals surface area contributed by atoms with Crippen LogP contribution in [0.5, 0.6) is 11.5 Å². The molecule has 0 saturated heterocycles. The summed E-state index contributed by atoms with van der Waals surface area (Å²) in [5.41, 5.74) is 3.66. The minimum atomic E-state index is -4.96. The van der Waals surface area contributed by atoms with E-state index in [1.165, 1.54) is 30.3 Å². The van der Waals surface area contributed by atoms with Gasteiger partial charge in [0.2, 0.25) is 0 Å². The molecule has 1 aliphatic rings. The van der Waals surface area contributed by atoms with Crippen molar-refractivity contribution in [3.8, 4) is 11.5 Å². The van der Waals surface area contributed by atoms with E-state index >= 15 is 0 Å². The second kappa shape index (κ2) is 8.65. The number of hydrogen-bond acceptors (Lipinski definition) is 4. The first-order valence-corrected chi connectivity index (χ1v) is 9.17. The number of alkyl halides is 6. The Hall–Kier alpha value is -4.16. The lowest BCUT2D eigenvalue weighted by atomic mass is 9.79. The first kappa shape index (κ1) is 24.5. The van der Waals surface area contributed by atoms with Crippen molar-refractivity contribution in [1.29, 1.82) is 0 Å². The van der Waals surface area contributed by atoms with Crippen molar-refractivity contribution >= 4 is 12.0 Å². The van der Waals surface area contributed by atoms with Crippen LogP contribution in [0, 0.1) is 0 Å². The van der Waals surface area contributed by atoms with Gasteiger partial charge in [0.25, 0.3) is 0 Å². The Morgan fingerprint density at radius 1 is 0.824 bits per heavy atom. The van der Waals surface area contributed by atoms with E-state index in [1.807, 2.05) is 0 Å². The third-order valence-electron chi connectivity index (χ3n) is 4.69. The summed E-state index contributed by atoms with van der Waals surface area (Å²) in [5.74, 6) is -2.56. The second-order valence-corrected chi connectivity index (χ2v) is 6.84. The summed E-state index contributed by atoms with van der Waals surface area (Å²) in [7, 11) is 0. The molecule has 1 aliphatic heterocycles. The van der Waals surface area contributed by atoms with E-state index in [9.17, 15) is 41.0 Å². The van der Waals surface area contributed by atoms with Gasteiger partial charge >= 0.3 is 24.7 Å². The summed E-state index contributed by atoms with van der Waals surface area (Å²) in [6.45, 7) is 0. The smallest absolute Gasteiger partial charge is 0.478 e. The van der Waals surface area contributed by atoms with Crippen molar-refractivity contribution < 1.29 is 50.5 Å². The fourth-order valence-electron chi connectivity index (χ4n) is 3.40. The maximum atomic E-state index is 12.5. The van der Waals surface area contributed by atoms with Gasteiger partial charge in [-0.3, -0.25) is 4.90 Å². The minimum absolute atomic E-state index is 0.127. The van der Waals surface area contributed by atoms with Crippen molar-refractivity contribution in [2.24, 2.45) is 5.73 Å². The number of carboxylic acid groups (broad SMARTS) is 1. The molecule has 0 fully saturated rings. The minimum Gasteiger partial charge on any atom is -0.478 e. The molecule has 0 bridgehead atoms. The number of carbonyl (C=O) groups is 2. The highest BCUT2D eigenvalue weighted by molar-refractivity contribution is 5.92. The third kappa shape index (κ3) is 5.24. The Bertz CT molecular complexity index is 1080. The van der Waals surface area contributed by atoms with Crippen LogP contribution in [0.2, 0.25) is 0 Å². The number of rotatable bonds is 5. The average molecular weight is 488 g/mol. The highest BCUT2D eigenvalue weighted by Crippen LogP contribution is 2.42. The van der Waals surface area contributed by atoms with Gasteiger partial charge in [0, 0.05) is 6.20 Å². The van der Waals surface area contributed by atoms with E-state index in [4.69, 9.17) is 5.73 Å². The third-order valence-corrected chi connectivity index (χ3v) is 4.69. The summed E-state index contributed by atoms with van der Waals surface area (Å²) in [6, 6.07) is 7.34. The zero-order valence-corrected chi connectivity index (χ0v) is 16.7. The summed E-state index contributed by atoms with van der Waals surface area (Å²) in [5, 5.41) is 9.29. The number of aliphatic carboxylic acids is 1. The molecule has 2 aromatic rings. The lowest BCUT2D eigenvalue weighted by Crippen LogP contribution is -2.50. The molecule has 1 heterocycles. The van der Waals surface area contributed by atoms with Crippen molar-refractivity contribution in [3.05, 3.63) is 83.6 Å². The van der Waals surface area contributed by atoms with Gasteiger partial charge in [-0.2, -0.15) is 0 Å². The van der Waals surface area contributed by atoms with E-state index in [0.29, 0.717) is 0 Å². The molecular weight excluding hydrogens is 474 g/mol. The van der Waals surface area contributed by atoms with Gasteiger partial charge in [-0.1, -0.05) is 24.3 Å². The number of primary amides is 1. The number of nitrogens with zero attached hydrogens (tertiary/aromatic N) is 1. The molecule has 7 nitrogen and oxygen atoms in total. The van der Waals surface area contributed by atoms with Crippen LogP contribution < -0.4 is 15.2 Å². The van der Waals surface area contributed by atoms with Crippen LogP contribution in [0.3, 0.4) is 0 Å². The predicted molar refractivity (Wildman–Crippen MR) is 103 cm³/mol. The topological polar surface area (TPSA) is 102 Å². The number of nitrogens with two attached hydrogens (primary N) is 1. The normalized spacial score (nSPS) is 15.5. The molecule has 3 N–H and O–H groups in total. The molecule has 13 heteroatoms. The number of ether oxygens (including phenoxy) is 2. The van der Waals surface area contributed by atoms with Gasteiger partial charge in [-0.15, -0.1) is 26.3 Å². The van der Waals surface area contributed by atoms with Crippen LogP contribution in [-0.2, 0) is 10.3 Å². The zero-order valence-electron chi connectivity index (χ0n) is 16.7. The Morgan fingerprint density at radius 2 is 1.24 bits per heavy atom. The number of hydrogen-bond donors (Lipinski definition) is 2. The molecule has 0 saturated carbocycles. The standard InChI is InChI=1S/C21H14F6N2O5/c22-20(23,24)33-15-5-1-13(2-6-15)19(10-9-12(17(30)31)11-29(19)18(28)32)14-3-7-16(8-4-14)34-21(25,26)27/h1-11H,(H2,28,32)(H,30,31). The van der Waals surface area contributed by atoms with Crippen LogP contribution in [0.4, 0.5) is 31.1 Å². The van der Waals surface area contributed by atoms with Gasteiger partial charge in [0.05, 0.1) is 5.57 Å². The maximum Gasteiger partial charge on any atom is 0.573 e.